The van der Waals surface area contributed by atoms with Crippen molar-refractivity contribution < 1.29 is 4.79 Å². The van der Waals surface area contributed by atoms with Gasteiger partial charge in [0.1, 0.15) is 0 Å². The maximum atomic E-state index is 13.0. The van der Waals surface area contributed by atoms with Crippen LogP contribution in [0.1, 0.15) is 18.4 Å². The molecule has 26 heavy (non-hydrogen) atoms. The lowest BCUT2D eigenvalue weighted by atomic mass is 9.76. The molecule has 0 fully saturated rings. The van der Waals surface area contributed by atoms with Gasteiger partial charge in [0.05, 0.1) is 12.0 Å². The van der Waals surface area contributed by atoms with Crippen molar-refractivity contribution in [2.45, 2.75) is 12.8 Å². The van der Waals surface area contributed by atoms with E-state index in [9.17, 15) is 10.1 Å². The fourth-order valence-corrected chi connectivity index (χ4v) is 3.66. The van der Waals surface area contributed by atoms with Gasteiger partial charge in [0, 0.05) is 27.9 Å². The van der Waals surface area contributed by atoms with Gasteiger partial charge in [0.15, 0.2) is 0 Å². The Kier molecular flexibility index (Phi) is 5.36. The van der Waals surface area contributed by atoms with Crippen LogP contribution in [-0.4, -0.2) is 11.6 Å². The summed E-state index contributed by atoms with van der Waals surface area (Å²) in [6.45, 7) is 1.75. The molecule has 1 N–H and O–H groups in total. The number of nitrogens with one attached hydrogen (secondary N) is 1. The molecule has 0 aromatic heterocycles. The van der Waals surface area contributed by atoms with Crippen molar-refractivity contribution in [2.75, 3.05) is 5.32 Å². The number of benzene rings is 2. The molecule has 1 amide bonds. The average molecular weight is 381 g/mol. The van der Waals surface area contributed by atoms with Crippen LogP contribution in [0, 0.1) is 17.2 Å². The molecule has 1 unspecified atom stereocenters. The maximum Gasteiger partial charge on any atom is 0.234 e. The number of para-hydroxylation sites is 1. The second-order valence-corrected chi connectivity index (χ2v) is 6.71. The first-order chi connectivity index (χ1) is 12.5. The predicted octanol–water partition coefficient (Wildman–Crippen LogP) is 4.44. The smallest absolute Gasteiger partial charge is 0.234 e. The molecule has 0 radical (unpaired) electrons. The normalized spacial score (nSPS) is 19.5. The van der Waals surface area contributed by atoms with Crippen LogP contribution in [0.3, 0.4) is 0 Å². The highest BCUT2D eigenvalue weighted by Crippen LogP contribution is 2.41. The molecule has 1 aliphatic rings. The minimum absolute atomic E-state index is 0.207. The van der Waals surface area contributed by atoms with Gasteiger partial charge in [-0.25, -0.2) is 0 Å². The van der Waals surface area contributed by atoms with E-state index in [1.54, 1.807) is 31.2 Å². The quantitative estimate of drug-likeness (QED) is 0.801. The monoisotopic (exact) mass is 380 g/mol. The number of carbonyl (C=O) groups excluding carboxylic acids is 1. The molecule has 1 aliphatic heterocycles. The number of hydrogen-bond donors (Lipinski definition) is 1. The summed E-state index contributed by atoms with van der Waals surface area (Å²) in [6, 6.07) is 18.5. The summed E-state index contributed by atoms with van der Waals surface area (Å²) in [6.07, 6.45) is 0. The predicted molar refractivity (Wildman–Crippen MR) is 106 cm³/mol. The van der Waals surface area contributed by atoms with E-state index >= 15 is 0 Å². The molecule has 0 spiro atoms. The second-order valence-electron chi connectivity index (χ2n) is 5.92. The molecular weight excluding hydrogens is 366 g/mol. The number of halogens is 1. The average Bonchev–Trinajstić information content (AvgIpc) is 2.62. The zero-order valence-electron chi connectivity index (χ0n) is 13.9. The fourth-order valence-electron chi connectivity index (χ4n) is 3.09. The van der Waals surface area contributed by atoms with Gasteiger partial charge in [0.2, 0.25) is 5.91 Å². The topological polar surface area (TPSA) is 65.2 Å². The number of allylic oxidation sites excluding steroid dienone is 1. The number of carbonyl (C=O) groups is 1. The van der Waals surface area contributed by atoms with Crippen molar-refractivity contribution in [3.63, 3.8) is 0 Å². The molecule has 0 aliphatic carbocycles. The SMILES string of the molecule is CC1=NC([S-])=C(C#N)[C@@H](c2ccccc2Cl)C1C(=O)Nc1ccccc1. The van der Waals surface area contributed by atoms with E-state index in [1.165, 1.54) is 0 Å². The Labute approximate surface area is 162 Å². The molecule has 2 aromatic carbocycles. The highest BCUT2D eigenvalue weighted by molar-refractivity contribution is 7.63. The van der Waals surface area contributed by atoms with Crippen LogP contribution in [0.25, 0.3) is 0 Å². The largest absolute Gasteiger partial charge is 0.759 e. The van der Waals surface area contributed by atoms with Crippen LogP contribution < -0.4 is 5.32 Å². The van der Waals surface area contributed by atoms with Crippen molar-refractivity contribution in [2.24, 2.45) is 10.9 Å². The molecule has 2 atom stereocenters. The lowest BCUT2D eigenvalue weighted by Gasteiger charge is -2.33. The molecule has 0 bridgehead atoms. The van der Waals surface area contributed by atoms with Crippen molar-refractivity contribution in [3.05, 3.63) is 75.8 Å². The fraction of sp³-hybridized carbons (Fsp3) is 0.150. The van der Waals surface area contributed by atoms with Gasteiger partial charge in [-0.3, -0.25) is 9.79 Å². The summed E-state index contributed by atoms with van der Waals surface area (Å²) in [4.78, 5) is 17.3. The number of nitriles is 1. The summed E-state index contributed by atoms with van der Waals surface area (Å²) in [5.41, 5.74) is 2.21. The molecule has 130 valence electrons. The Morgan fingerprint density at radius 2 is 1.85 bits per heavy atom. The molecule has 3 rings (SSSR count). The Hall–Kier alpha value is -2.68. The van der Waals surface area contributed by atoms with E-state index in [0.717, 1.165) is 0 Å². The third kappa shape index (κ3) is 3.48. The third-order valence-corrected chi connectivity index (χ3v) is 4.94. The molecular formula is C20H15ClN3OS-. The number of hydrogen-bond acceptors (Lipinski definition) is 4. The van der Waals surface area contributed by atoms with Crippen molar-refractivity contribution in [1.29, 1.82) is 5.26 Å². The number of anilines is 1. The van der Waals surface area contributed by atoms with E-state index in [4.69, 9.17) is 24.2 Å². The molecule has 2 aromatic rings. The van der Waals surface area contributed by atoms with E-state index < -0.39 is 11.8 Å². The van der Waals surface area contributed by atoms with Crippen molar-refractivity contribution in [3.8, 4) is 6.07 Å². The van der Waals surface area contributed by atoms with Crippen LogP contribution >= 0.6 is 11.6 Å². The summed E-state index contributed by atoms with van der Waals surface area (Å²) >= 11 is 11.6. The van der Waals surface area contributed by atoms with Crippen LogP contribution in [0.4, 0.5) is 5.69 Å². The molecule has 1 heterocycles. The first kappa shape index (κ1) is 18.1. The first-order valence-electron chi connectivity index (χ1n) is 7.99. The van der Waals surface area contributed by atoms with Crippen LogP contribution in [0.15, 0.2) is 70.2 Å². The molecule has 0 saturated heterocycles. The number of nitrogens with zero attached hydrogens (tertiary/aromatic N) is 2. The lowest BCUT2D eigenvalue weighted by Crippen LogP contribution is -2.36. The standard InChI is InChI=1S/C20H16ClN3OS/c1-12-17(19(25)24-13-7-3-2-4-8-13)18(15(11-22)20(26)23-12)14-9-5-6-10-16(14)21/h2-10,17-18,26H,1H3,(H,24,25)/p-1/t17?,18-/m1/s1. The number of aliphatic imine (C=N–C) groups is 1. The molecule has 0 saturated carbocycles. The molecule has 4 nitrogen and oxygen atoms in total. The Morgan fingerprint density at radius 3 is 2.50 bits per heavy atom. The van der Waals surface area contributed by atoms with E-state index in [2.05, 4.69) is 16.4 Å². The number of rotatable bonds is 3. The molecule has 6 heteroatoms. The summed E-state index contributed by atoms with van der Waals surface area (Å²) in [5, 5.41) is 13.2. The van der Waals surface area contributed by atoms with Crippen LogP contribution in [0.5, 0.6) is 0 Å². The summed E-state index contributed by atoms with van der Waals surface area (Å²) in [5.74, 6) is -1.49. The summed E-state index contributed by atoms with van der Waals surface area (Å²) < 4.78 is 0. The van der Waals surface area contributed by atoms with Gasteiger partial charge in [-0.1, -0.05) is 53.0 Å². The zero-order chi connectivity index (χ0) is 18.7. The summed E-state index contributed by atoms with van der Waals surface area (Å²) in [7, 11) is 0. The van der Waals surface area contributed by atoms with Crippen LogP contribution in [-0.2, 0) is 17.4 Å². The van der Waals surface area contributed by atoms with Crippen molar-refractivity contribution in [1.82, 2.24) is 0 Å². The first-order valence-corrected chi connectivity index (χ1v) is 8.78. The second kappa shape index (κ2) is 7.69. The van der Waals surface area contributed by atoms with Gasteiger partial charge < -0.3 is 17.9 Å². The minimum Gasteiger partial charge on any atom is -0.759 e. The highest BCUT2D eigenvalue weighted by atomic mass is 35.5. The minimum atomic E-state index is -0.670. The van der Waals surface area contributed by atoms with Gasteiger partial charge >= 0.3 is 0 Å². The zero-order valence-corrected chi connectivity index (χ0v) is 15.5. The van der Waals surface area contributed by atoms with E-state index in [-0.39, 0.29) is 16.5 Å². The Bertz CT molecular complexity index is 947. The highest BCUT2D eigenvalue weighted by Gasteiger charge is 2.38. The van der Waals surface area contributed by atoms with Gasteiger partial charge in [-0.2, -0.15) is 5.26 Å². The van der Waals surface area contributed by atoms with Gasteiger partial charge in [-0.05, 0) is 30.7 Å². The lowest BCUT2D eigenvalue weighted by molar-refractivity contribution is -0.118. The Balaban J connectivity index is 2.06. The third-order valence-electron chi connectivity index (χ3n) is 4.29. The van der Waals surface area contributed by atoms with Crippen LogP contribution in [0.2, 0.25) is 5.02 Å². The Morgan fingerprint density at radius 1 is 1.19 bits per heavy atom. The van der Waals surface area contributed by atoms with E-state index in [0.29, 0.717) is 22.0 Å². The van der Waals surface area contributed by atoms with Gasteiger partial charge in [0.25, 0.3) is 0 Å². The van der Waals surface area contributed by atoms with E-state index in [1.807, 2.05) is 30.3 Å². The maximum absolute atomic E-state index is 13.0. The van der Waals surface area contributed by atoms with Crippen molar-refractivity contribution >= 4 is 41.5 Å². The number of amides is 1. The van der Waals surface area contributed by atoms with Gasteiger partial charge in [-0.15, -0.1) is 0 Å².